The number of amides is 2. The van der Waals surface area contributed by atoms with Crippen LogP contribution in [0.4, 0.5) is 4.79 Å². The quantitative estimate of drug-likeness (QED) is 0.0965. The zero-order valence-corrected chi connectivity index (χ0v) is 30.1. The first-order chi connectivity index (χ1) is 25.5. The summed E-state index contributed by atoms with van der Waals surface area (Å²) < 4.78 is 48.2. The van der Waals surface area contributed by atoms with Gasteiger partial charge in [0.2, 0.25) is 5.91 Å². The molecule has 0 fully saturated rings. The second-order valence-electron chi connectivity index (χ2n) is 11.5. The molecule has 290 valence electrons. The van der Waals surface area contributed by atoms with Gasteiger partial charge in [-0.25, -0.2) is 9.59 Å². The normalized spacial score (nSPS) is 12.6. The summed E-state index contributed by atoms with van der Waals surface area (Å²) in [7, 11) is 1.63. The van der Waals surface area contributed by atoms with E-state index in [9.17, 15) is 19.5 Å². The predicted octanol–water partition coefficient (Wildman–Crippen LogP) is 2.64. The highest BCUT2D eigenvalue weighted by Gasteiger charge is 2.29. The van der Waals surface area contributed by atoms with Gasteiger partial charge in [-0.15, -0.1) is 0 Å². The summed E-state index contributed by atoms with van der Waals surface area (Å²) in [5.74, 6) is -1.66. The first kappa shape index (κ1) is 42.7. The SMILES string of the molecule is COCCOCCOCCOCCOCCOCCOCCOCCC(=O)NCCC(NC(=O)OCC1c2ccccc2-c2ccccc21)C(=O)O. The van der Waals surface area contributed by atoms with Crippen LogP contribution in [0, 0.1) is 0 Å². The molecule has 52 heavy (non-hydrogen) atoms. The standard InChI is InChI=1S/C37H54N2O13/c1-44-14-15-46-18-19-48-22-23-50-26-27-51-25-24-49-21-20-47-17-16-45-13-11-35(40)38-12-10-34(36(41)42)39-37(43)52-28-33-31-8-4-2-6-29(31)30-7-3-5-9-32(30)33/h2-9,33-34H,10-28H2,1H3,(H,38,40)(H,39,43)(H,41,42). The Morgan fingerprint density at radius 2 is 1.06 bits per heavy atom. The molecule has 3 rings (SSSR count). The fraction of sp³-hybridized carbons (Fsp3) is 0.595. The zero-order valence-electron chi connectivity index (χ0n) is 30.1. The van der Waals surface area contributed by atoms with Gasteiger partial charge < -0.3 is 58.4 Å². The maximum absolute atomic E-state index is 12.5. The van der Waals surface area contributed by atoms with E-state index in [0.717, 1.165) is 22.3 Å². The lowest BCUT2D eigenvalue weighted by Gasteiger charge is -2.17. The third-order valence-electron chi connectivity index (χ3n) is 7.83. The molecule has 0 aliphatic heterocycles. The van der Waals surface area contributed by atoms with Gasteiger partial charge in [0.25, 0.3) is 0 Å². The molecule has 15 nitrogen and oxygen atoms in total. The number of carboxylic acids is 1. The van der Waals surface area contributed by atoms with Gasteiger partial charge in [-0.3, -0.25) is 4.79 Å². The van der Waals surface area contributed by atoms with E-state index in [2.05, 4.69) is 10.6 Å². The second kappa shape index (κ2) is 27.0. The van der Waals surface area contributed by atoms with Gasteiger partial charge in [-0.2, -0.15) is 0 Å². The highest BCUT2D eigenvalue weighted by Crippen LogP contribution is 2.44. The molecule has 0 spiro atoms. The highest BCUT2D eigenvalue weighted by molar-refractivity contribution is 5.81. The van der Waals surface area contributed by atoms with Crippen molar-refractivity contribution in [2.45, 2.75) is 24.8 Å². The number of nitrogens with one attached hydrogen (secondary N) is 2. The van der Waals surface area contributed by atoms with Gasteiger partial charge in [0.1, 0.15) is 12.6 Å². The van der Waals surface area contributed by atoms with Gasteiger partial charge in [-0.1, -0.05) is 48.5 Å². The Morgan fingerprint density at radius 1 is 0.635 bits per heavy atom. The van der Waals surface area contributed by atoms with Gasteiger partial charge >= 0.3 is 12.1 Å². The average molecular weight is 735 g/mol. The van der Waals surface area contributed by atoms with Crippen LogP contribution in [-0.4, -0.2) is 148 Å². The summed E-state index contributed by atoms with van der Waals surface area (Å²) >= 11 is 0. The summed E-state index contributed by atoms with van der Waals surface area (Å²) in [6, 6.07) is 14.7. The van der Waals surface area contributed by atoms with Crippen molar-refractivity contribution in [3.63, 3.8) is 0 Å². The van der Waals surface area contributed by atoms with Crippen molar-refractivity contribution in [1.82, 2.24) is 10.6 Å². The van der Waals surface area contributed by atoms with E-state index in [1.807, 2.05) is 48.5 Å². The molecule has 0 saturated heterocycles. The number of fused-ring (bicyclic) bond motifs is 3. The average Bonchev–Trinajstić information content (AvgIpc) is 3.47. The number of aliphatic carboxylic acids is 1. The van der Waals surface area contributed by atoms with Gasteiger partial charge in [0, 0.05) is 26.0 Å². The largest absolute Gasteiger partial charge is 0.480 e. The monoisotopic (exact) mass is 734 g/mol. The van der Waals surface area contributed by atoms with Crippen LogP contribution in [0.25, 0.3) is 11.1 Å². The van der Waals surface area contributed by atoms with E-state index in [0.29, 0.717) is 92.5 Å². The van der Waals surface area contributed by atoms with Crippen LogP contribution in [-0.2, 0) is 52.2 Å². The van der Waals surface area contributed by atoms with Crippen LogP contribution >= 0.6 is 0 Å². The molecule has 1 aliphatic rings. The molecule has 0 heterocycles. The number of rotatable bonds is 31. The van der Waals surface area contributed by atoms with Crippen molar-refractivity contribution < 1.29 is 62.1 Å². The minimum atomic E-state index is -1.22. The first-order valence-corrected chi connectivity index (χ1v) is 17.7. The fourth-order valence-corrected chi connectivity index (χ4v) is 5.21. The van der Waals surface area contributed by atoms with Crippen molar-refractivity contribution in [2.75, 3.05) is 119 Å². The van der Waals surface area contributed by atoms with Gasteiger partial charge in [-0.05, 0) is 28.7 Å². The maximum Gasteiger partial charge on any atom is 0.407 e. The number of carbonyl (C=O) groups excluding carboxylic acids is 2. The Labute approximate surface area is 305 Å². The van der Waals surface area contributed by atoms with E-state index in [4.69, 9.17) is 42.6 Å². The fourth-order valence-electron chi connectivity index (χ4n) is 5.21. The topological polar surface area (TPSA) is 179 Å². The van der Waals surface area contributed by atoms with E-state index in [1.54, 1.807) is 7.11 Å². The van der Waals surface area contributed by atoms with Crippen LogP contribution in [0.3, 0.4) is 0 Å². The first-order valence-electron chi connectivity index (χ1n) is 17.7. The van der Waals surface area contributed by atoms with Crippen molar-refractivity contribution in [2.24, 2.45) is 0 Å². The molecule has 1 aliphatic carbocycles. The number of benzene rings is 2. The Hall–Kier alpha value is -3.67. The number of methoxy groups -OCH3 is 1. The smallest absolute Gasteiger partial charge is 0.407 e. The lowest BCUT2D eigenvalue weighted by atomic mass is 9.98. The molecule has 1 atom stereocenters. The Balaban J connectivity index is 1.09. The van der Waals surface area contributed by atoms with E-state index in [1.165, 1.54) is 0 Å². The van der Waals surface area contributed by atoms with E-state index in [-0.39, 0.29) is 44.4 Å². The molecule has 3 N–H and O–H groups in total. The summed E-state index contributed by atoms with van der Waals surface area (Å²) in [4.78, 5) is 36.4. The Bertz CT molecular complexity index is 1250. The van der Waals surface area contributed by atoms with Crippen molar-refractivity contribution in [3.05, 3.63) is 59.7 Å². The summed E-state index contributed by atoms with van der Waals surface area (Å²) in [5, 5.41) is 14.6. The number of ether oxygens (including phenoxy) is 9. The lowest BCUT2D eigenvalue weighted by Crippen LogP contribution is -2.43. The van der Waals surface area contributed by atoms with E-state index >= 15 is 0 Å². The molecule has 1 unspecified atom stereocenters. The summed E-state index contributed by atoms with van der Waals surface area (Å²) in [6.45, 7) is 6.83. The number of alkyl carbamates (subject to hydrolysis) is 1. The molecule has 15 heteroatoms. The van der Waals surface area contributed by atoms with Crippen LogP contribution in [0.5, 0.6) is 0 Å². The van der Waals surface area contributed by atoms with Gasteiger partial charge in [0.05, 0.1) is 99.1 Å². The Morgan fingerprint density at radius 3 is 1.50 bits per heavy atom. The van der Waals surface area contributed by atoms with Crippen molar-refractivity contribution in [3.8, 4) is 11.1 Å². The molecular formula is C37H54N2O13. The molecule has 0 bridgehead atoms. The molecule has 0 radical (unpaired) electrons. The maximum atomic E-state index is 12.5. The predicted molar refractivity (Wildman–Crippen MR) is 189 cm³/mol. The third-order valence-corrected chi connectivity index (χ3v) is 7.83. The molecule has 2 aromatic rings. The van der Waals surface area contributed by atoms with Crippen molar-refractivity contribution >= 4 is 18.0 Å². The molecule has 2 aromatic carbocycles. The van der Waals surface area contributed by atoms with Crippen LogP contribution in [0.15, 0.2) is 48.5 Å². The van der Waals surface area contributed by atoms with E-state index < -0.39 is 18.1 Å². The van der Waals surface area contributed by atoms with Crippen LogP contribution < -0.4 is 10.6 Å². The number of hydrogen-bond donors (Lipinski definition) is 3. The molecule has 2 amide bonds. The second-order valence-corrected chi connectivity index (χ2v) is 11.5. The zero-order chi connectivity index (χ0) is 37.1. The van der Waals surface area contributed by atoms with Crippen molar-refractivity contribution in [1.29, 1.82) is 0 Å². The Kier molecular flexibility index (Phi) is 22.2. The minimum Gasteiger partial charge on any atom is -0.480 e. The summed E-state index contributed by atoms with van der Waals surface area (Å²) in [5.41, 5.74) is 4.31. The van der Waals surface area contributed by atoms with Crippen LogP contribution in [0.1, 0.15) is 29.9 Å². The number of carbonyl (C=O) groups is 3. The van der Waals surface area contributed by atoms with Crippen LogP contribution in [0.2, 0.25) is 0 Å². The molecular weight excluding hydrogens is 680 g/mol. The minimum absolute atomic E-state index is 0.00792. The summed E-state index contributed by atoms with van der Waals surface area (Å²) in [6.07, 6.45) is -0.736. The molecule has 0 aromatic heterocycles. The molecule has 0 saturated carbocycles. The number of carboxylic acid groups (broad SMARTS) is 1. The highest BCUT2D eigenvalue weighted by atomic mass is 16.6. The lowest BCUT2D eigenvalue weighted by molar-refractivity contribution is -0.139. The third kappa shape index (κ3) is 17.2. The van der Waals surface area contributed by atoms with Gasteiger partial charge in [0.15, 0.2) is 0 Å². The number of hydrogen-bond acceptors (Lipinski definition) is 12.